The average molecular weight is 1120 g/mol. The van der Waals surface area contributed by atoms with E-state index in [0.29, 0.717) is 19.3 Å². The van der Waals surface area contributed by atoms with Gasteiger partial charge in [0.05, 0.1) is 0 Å². The van der Waals surface area contributed by atoms with E-state index in [-0.39, 0.29) is 31.1 Å². The van der Waals surface area contributed by atoms with E-state index in [1.807, 2.05) is 0 Å². The minimum Gasteiger partial charge on any atom is -0.462 e. The lowest BCUT2D eigenvalue weighted by Gasteiger charge is -2.18. The topological polar surface area (TPSA) is 78.9 Å². The van der Waals surface area contributed by atoms with Crippen molar-refractivity contribution in [2.24, 2.45) is 0 Å². The van der Waals surface area contributed by atoms with Crippen LogP contribution in [0.1, 0.15) is 374 Å². The standard InChI is InChI=1S/C74H134O6/c1-4-7-10-13-16-19-22-25-27-28-29-30-31-32-33-34-35-36-37-38-39-40-41-42-43-44-45-46-48-49-52-55-58-61-64-67-73(76)79-70-71(69-78-72(75)66-63-60-57-54-51-24-21-18-15-12-9-6-3)80-74(77)68-65-62-59-56-53-50-47-26-23-20-17-14-11-8-5-2/h8,11,17,20,22,25-26,28-29,47,71H,4-7,9-10,12-16,18-19,21,23-24,27,30-46,48-70H2,1-3H3/b11-8-,20-17-,25-22-,29-28-,47-26-. The summed E-state index contributed by atoms with van der Waals surface area (Å²) in [6, 6.07) is 0. The molecule has 0 radical (unpaired) electrons. The summed E-state index contributed by atoms with van der Waals surface area (Å²) < 4.78 is 16.9. The van der Waals surface area contributed by atoms with E-state index in [2.05, 4.69) is 81.5 Å². The number of carbonyl (C=O) groups excluding carboxylic acids is 3. The molecule has 0 aromatic carbocycles. The van der Waals surface area contributed by atoms with Gasteiger partial charge in [0.1, 0.15) is 13.2 Å². The van der Waals surface area contributed by atoms with Crippen molar-refractivity contribution >= 4 is 17.9 Å². The Balaban J connectivity index is 4.05. The largest absolute Gasteiger partial charge is 0.462 e. The number of ether oxygens (including phenoxy) is 3. The number of carbonyl (C=O) groups is 3. The van der Waals surface area contributed by atoms with Crippen molar-refractivity contribution in [3.05, 3.63) is 60.8 Å². The van der Waals surface area contributed by atoms with E-state index >= 15 is 0 Å². The van der Waals surface area contributed by atoms with Gasteiger partial charge in [-0.3, -0.25) is 14.4 Å². The minimum atomic E-state index is -0.780. The molecule has 1 unspecified atom stereocenters. The molecular weight excluding hydrogens is 985 g/mol. The highest BCUT2D eigenvalue weighted by Crippen LogP contribution is 2.18. The zero-order valence-corrected chi connectivity index (χ0v) is 53.6. The van der Waals surface area contributed by atoms with Gasteiger partial charge in [0.25, 0.3) is 0 Å². The maximum absolute atomic E-state index is 12.9. The Labute approximate surface area is 498 Å². The van der Waals surface area contributed by atoms with Crippen LogP contribution < -0.4 is 0 Å². The maximum Gasteiger partial charge on any atom is 0.306 e. The van der Waals surface area contributed by atoms with Crippen LogP contribution >= 0.6 is 0 Å². The molecule has 0 heterocycles. The first kappa shape index (κ1) is 77.1. The molecule has 0 saturated carbocycles. The van der Waals surface area contributed by atoms with Crippen molar-refractivity contribution in [1.82, 2.24) is 0 Å². The van der Waals surface area contributed by atoms with E-state index < -0.39 is 6.10 Å². The molecule has 0 saturated heterocycles. The molecule has 466 valence electrons. The van der Waals surface area contributed by atoms with E-state index in [4.69, 9.17) is 14.2 Å². The first-order valence-electron chi connectivity index (χ1n) is 35.3. The molecule has 0 amide bonds. The molecule has 6 heteroatoms. The van der Waals surface area contributed by atoms with Crippen molar-refractivity contribution in [1.29, 1.82) is 0 Å². The quantitative estimate of drug-likeness (QED) is 0.0261. The summed E-state index contributed by atoms with van der Waals surface area (Å²) in [4.78, 5) is 38.3. The molecule has 0 aromatic heterocycles. The molecule has 0 aliphatic rings. The molecule has 0 rings (SSSR count). The highest BCUT2D eigenvalue weighted by Gasteiger charge is 2.19. The van der Waals surface area contributed by atoms with Crippen LogP contribution in [0.3, 0.4) is 0 Å². The molecule has 1 atom stereocenters. The van der Waals surface area contributed by atoms with Crippen LogP contribution in [-0.4, -0.2) is 37.2 Å². The molecule has 0 aliphatic carbocycles. The predicted molar refractivity (Wildman–Crippen MR) is 348 cm³/mol. The SMILES string of the molecule is CC/C=C\C/C=C\C/C=C\CCCCCCCC(=O)OC(COC(=O)CCCCCCCCCCCCCC)COC(=O)CCCCCCCCCCCCCCCCCCCCCCCCC/C=C\C/C=C\CCCCCCC. The van der Waals surface area contributed by atoms with Gasteiger partial charge in [-0.1, -0.05) is 332 Å². The fourth-order valence-electron chi connectivity index (χ4n) is 10.5. The van der Waals surface area contributed by atoms with Crippen LogP contribution in [-0.2, 0) is 28.6 Å². The smallest absolute Gasteiger partial charge is 0.306 e. The fourth-order valence-corrected chi connectivity index (χ4v) is 10.5. The lowest BCUT2D eigenvalue weighted by atomic mass is 10.0. The number of allylic oxidation sites excluding steroid dienone is 10. The second-order valence-electron chi connectivity index (χ2n) is 23.8. The Kier molecular flexibility index (Phi) is 66.1. The summed E-state index contributed by atoms with van der Waals surface area (Å²) in [6.45, 7) is 6.55. The third-order valence-electron chi connectivity index (χ3n) is 15.8. The lowest BCUT2D eigenvalue weighted by molar-refractivity contribution is -0.167. The molecule has 0 N–H and O–H groups in total. The molecule has 6 nitrogen and oxygen atoms in total. The number of hydrogen-bond donors (Lipinski definition) is 0. The third kappa shape index (κ3) is 65.9. The van der Waals surface area contributed by atoms with Gasteiger partial charge >= 0.3 is 17.9 Å². The van der Waals surface area contributed by atoms with Gasteiger partial charge < -0.3 is 14.2 Å². The van der Waals surface area contributed by atoms with Crippen LogP contribution in [0.25, 0.3) is 0 Å². The van der Waals surface area contributed by atoms with Crippen molar-refractivity contribution in [2.75, 3.05) is 13.2 Å². The molecular formula is C74H134O6. The first-order valence-corrected chi connectivity index (χ1v) is 35.3. The summed E-state index contributed by atoms with van der Waals surface area (Å²) in [5, 5.41) is 0. The van der Waals surface area contributed by atoms with E-state index in [9.17, 15) is 14.4 Å². The summed E-state index contributed by atoms with van der Waals surface area (Å²) >= 11 is 0. The van der Waals surface area contributed by atoms with Crippen LogP contribution in [0.2, 0.25) is 0 Å². The maximum atomic E-state index is 12.9. The molecule has 0 fully saturated rings. The normalized spacial score (nSPS) is 12.4. The van der Waals surface area contributed by atoms with Gasteiger partial charge in [-0.05, 0) is 83.5 Å². The second kappa shape index (κ2) is 68.6. The van der Waals surface area contributed by atoms with E-state index in [0.717, 1.165) is 103 Å². The Bertz CT molecular complexity index is 1430. The minimum absolute atomic E-state index is 0.0761. The third-order valence-corrected chi connectivity index (χ3v) is 15.8. The average Bonchev–Trinajstić information content (AvgIpc) is 3.46. The Hall–Kier alpha value is -2.89. The summed E-state index contributed by atoms with van der Waals surface area (Å²) in [7, 11) is 0. The van der Waals surface area contributed by atoms with Crippen molar-refractivity contribution < 1.29 is 28.6 Å². The summed E-state index contributed by atoms with van der Waals surface area (Å²) in [5.41, 5.74) is 0. The molecule has 0 aliphatic heterocycles. The molecule has 80 heavy (non-hydrogen) atoms. The Morgan fingerprint density at radius 3 is 0.762 bits per heavy atom. The predicted octanol–water partition coefficient (Wildman–Crippen LogP) is 24.3. The van der Waals surface area contributed by atoms with Gasteiger partial charge in [-0.15, -0.1) is 0 Å². The van der Waals surface area contributed by atoms with Gasteiger partial charge in [-0.2, -0.15) is 0 Å². The van der Waals surface area contributed by atoms with Gasteiger partial charge in [0.2, 0.25) is 0 Å². The number of esters is 3. The second-order valence-corrected chi connectivity index (χ2v) is 23.8. The zero-order chi connectivity index (χ0) is 57.8. The number of unbranched alkanes of at least 4 members (excludes halogenated alkanes) is 44. The highest BCUT2D eigenvalue weighted by atomic mass is 16.6. The van der Waals surface area contributed by atoms with Crippen LogP contribution in [0, 0.1) is 0 Å². The van der Waals surface area contributed by atoms with Crippen LogP contribution in [0.5, 0.6) is 0 Å². The Morgan fingerprint density at radius 2 is 0.487 bits per heavy atom. The van der Waals surface area contributed by atoms with Crippen molar-refractivity contribution in [2.45, 2.75) is 380 Å². The van der Waals surface area contributed by atoms with Gasteiger partial charge in [-0.25, -0.2) is 0 Å². The van der Waals surface area contributed by atoms with Crippen LogP contribution in [0.4, 0.5) is 0 Å². The van der Waals surface area contributed by atoms with Crippen LogP contribution in [0.15, 0.2) is 60.8 Å². The van der Waals surface area contributed by atoms with Gasteiger partial charge in [0, 0.05) is 19.3 Å². The van der Waals surface area contributed by atoms with Crippen molar-refractivity contribution in [3.8, 4) is 0 Å². The Morgan fingerprint density at radius 1 is 0.263 bits per heavy atom. The first-order chi connectivity index (χ1) is 39.5. The van der Waals surface area contributed by atoms with E-state index in [1.54, 1.807) is 0 Å². The summed E-state index contributed by atoms with van der Waals surface area (Å²) in [5.74, 6) is -0.872. The lowest BCUT2D eigenvalue weighted by Crippen LogP contribution is -2.30. The highest BCUT2D eigenvalue weighted by molar-refractivity contribution is 5.71. The number of hydrogen-bond acceptors (Lipinski definition) is 6. The van der Waals surface area contributed by atoms with Crippen molar-refractivity contribution in [3.63, 3.8) is 0 Å². The monoisotopic (exact) mass is 1120 g/mol. The molecule has 0 spiro atoms. The van der Waals surface area contributed by atoms with E-state index in [1.165, 1.54) is 231 Å². The zero-order valence-electron chi connectivity index (χ0n) is 53.6. The fraction of sp³-hybridized carbons (Fsp3) is 0.824. The number of rotatable bonds is 65. The van der Waals surface area contributed by atoms with Gasteiger partial charge in [0.15, 0.2) is 6.10 Å². The molecule has 0 bridgehead atoms. The molecule has 0 aromatic rings. The summed E-state index contributed by atoms with van der Waals surface area (Å²) in [6.07, 6.45) is 88.5.